The Morgan fingerprint density at radius 3 is 2.67 bits per heavy atom. The highest BCUT2D eigenvalue weighted by Gasteiger charge is 2.38. The van der Waals surface area contributed by atoms with Crippen molar-refractivity contribution in [3.63, 3.8) is 0 Å². The molecule has 3 aliphatic heterocycles. The van der Waals surface area contributed by atoms with E-state index in [4.69, 9.17) is 34.0 Å². The summed E-state index contributed by atoms with van der Waals surface area (Å²) in [4.78, 5) is 26.6. The molecule has 11 heteroatoms. The lowest BCUT2D eigenvalue weighted by Crippen LogP contribution is -2.45. The zero-order chi connectivity index (χ0) is 32.5. The number of nitrogens with zero attached hydrogens (tertiary/aromatic N) is 5. The number of fused-ring (bicyclic) bond motifs is 6. The first-order valence-corrected chi connectivity index (χ1v) is 16.8. The average Bonchev–Trinajstić information content (AvgIpc) is 3.65. The van der Waals surface area contributed by atoms with Gasteiger partial charge in [0, 0.05) is 42.3 Å². The van der Waals surface area contributed by atoms with Crippen LogP contribution < -0.4 is 9.64 Å². The molecule has 4 aromatic rings. The van der Waals surface area contributed by atoms with Crippen LogP contribution in [-0.4, -0.2) is 69.7 Å². The third-order valence-corrected chi connectivity index (χ3v) is 9.32. The van der Waals surface area contributed by atoms with Crippen LogP contribution in [0.5, 0.6) is 5.75 Å². The molecule has 0 N–H and O–H groups in total. The van der Waals surface area contributed by atoms with Gasteiger partial charge in [-0.2, -0.15) is 9.61 Å². The molecule has 10 nitrogen and oxygen atoms in total. The van der Waals surface area contributed by atoms with Gasteiger partial charge < -0.3 is 23.8 Å². The molecule has 0 radical (unpaired) electrons. The van der Waals surface area contributed by atoms with E-state index < -0.39 is 17.7 Å². The van der Waals surface area contributed by atoms with E-state index in [0.29, 0.717) is 49.6 Å². The maximum absolute atomic E-state index is 13.5. The van der Waals surface area contributed by atoms with Crippen LogP contribution >= 0.6 is 11.3 Å². The molecule has 7 rings (SSSR count). The van der Waals surface area contributed by atoms with Gasteiger partial charge >= 0.3 is 5.97 Å². The molecule has 3 aromatic heterocycles. The summed E-state index contributed by atoms with van der Waals surface area (Å²) in [6.45, 7) is 14.3. The molecular weight excluding hydrogens is 602 g/mol. The number of hydrogen-bond donors (Lipinski definition) is 0. The normalized spacial score (nSPS) is 17.5. The number of esters is 1. The lowest BCUT2D eigenvalue weighted by atomic mass is 9.92. The summed E-state index contributed by atoms with van der Waals surface area (Å²) in [5.41, 5.74) is 2.95. The maximum Gasteiger partial charge on any atom is 0.340 e. The smallest absolute Gasteiger partial charge is 0.340 e. The highest BCUT2D eigenvalue weighted by Crippen LogP contribution is 2.39. The third-order valence-electron chi connectivity index (χ3n) is 8.30. The van der Waals surface area contributed by atoms with Crippen molar-refractivity contribution >= 4 is 28.8 Å². The fourth-order valence-electron chi connectivity index (χ4n) is 5.97. The van der Waals surface area contributed by atoms with Gasteiger partial charge in [0.2, 0.25) is 0 Å². The Labute approximate surface area is 274 Å². The van der Waals surface area contributed by atoms with Crippen molar-refractivity contribution < 1.29 is 23.7 Å². The molecule has 0 amide bonds. The van der Waals surface area contributed by atoms with Gasteiger partial charge in [0.25, 0.3) is 0 Å². The first-order valence-electron chi connectivity index (χ1n) is 16.0. The molecule has 0 spiro atoms. The van der Waals surface area contributed by atoms with Crippen molar-refractivity contribution in [1.82, 2.24) is 19.6 Å². The third kappa shape index (κ3) is 6.96. The number of aryl methyl sites for hydroxylation is 1. The van der Waals surface area contributed by atoms with E-state index in [1.807, 2.05) is 74.8 Å². The van der Waals surface area contributed by atoms with Gasteiger partial charge in [-0.3, -0.25) is 0 Å². The van der Waals surface area contributed by atoms with Crippen molar-refractivity contribution in [3.05, 3.63) is 70.4 Å². The van der Waals surface area contributed by atoms with Crippen LogP contribution in [0, 0.1) is 6.92 Å². The molecule has 0 aliphatic carbocycles. The number of carbonyl (C=O) groups is 1. The van der Waals surface area contributed by atoms with Gasteiger partial charge in [0.05, 0.1) is 30.0 Å². The number of hydrogen-bond acceptors (Lipinski definition) is 10. The van der Waals surface area contributed by atoms with Crippen LogP contribution in [0.3, 0.4) is 0 Å². The molecule has 1 fully saturated rings. The fraction of sp³-hybridized carbons (Fsp3) is 0.486. The van der Waals surface area contributed by atoms with E-state index in [1.54, 1.807) is 18.3 Å². The molecule has 46 heavy (non-hydrogen) atoms. The Bertz CT molecular complexity index is 1730. The summed E-state index contributed by atoms with van der Waals surface area (Å²) in [5.74, 6) is 1.20. The first kappa shape index (κ1) is 32.2. The summed E-state index contributed by atoms with van der Waals surface area (Å²) >= 11 is 1.60. The summed E-state index contributed by atoms with van der Waals surface area (Å²) in [5, 5.41) is 5.88. The fourth-order valence-corrected chi connectivity index (χ4v) is 6.86. The van der Waals surface area contributed by atoms with Crippen molar-refractivity contribution in [3.8, 4) is 16.5 Å². The SMILES string of the molecule is CCOC(=O)[C@@H](OC(C)(C)C)c1c(C)nc2cc3nn2c1N1CCC(C)(CC1)OCC=CCOc1ccccc1Cc1cnc-3s1. The number of anilines is 1. The van der Waals surface area contributed by atoms with Crippen molar-refractivity contribution in [2.24, 2.45) is 0 Å². The molecule has 6 bridgehead atoms. The molecule has 1 saturated heterocycles. The zero-order valence-electron chi connectivity index (χ0n) is 27.5. The molecule has 3 aliphatic rings. The summed E-state index contributed by atoms with van der Waals surface area (Å²) in [6, 6.07) is 10.1. The minimum absolute atomic E-state index is 0.246. The standard InChI is InChI=1S/C35H43N5O5S/c1-7-42-33(41)30(45-34(3,4)5)29-23(2)37-28-21-26-31-36-22-25(46-31)20-24-12-8-9-13-27(24)43-18-10-11-19-44-35(6)14-16-39(17-15-35)32(29)40(28)38-26/h8-13,21-22,30H,7,14-20H2,1-6H3/t30-/m0/s1. The van der Waals surface area contributed by atoms with Gasteiger partial charge in [-0.05, 0) is 72.1 Å². The first-order chi connectivity index (χ1) is 22.0. The monoisotopic (exact) mass is 645 g/mol. The topological polar surface area (TPSA) is 100 Å². The quantitative estimate of drug-likeness (QED) is 0.182. The van der Waals surface area contributed by atoms with Gasteiger partial charge in [0.15, 0.2) is 11.8 Å². The second-order valence-electron chi connectivity index (χ2n) is 13.0. The predicted molar refractivity (Wildman–Crippen MR) is 179 cm³/mol. The van der Waals surface area contributed by atoms with Gasteiger partial charge in [-0.15, -0.1) is 11.3 Å². The number of thiazole rings is 1. The van der Waals surface area contributed by atoms with Crippen LogP contribution in [0.15, 0.2) is 48.7 Å². The summed E-state index contributed by atoms with van der Waals surface area (Å²) in [7, 11) is 0. The number of carbonyl (C=O) groups excluding carboxylic acids is 1. The number of aromatic nitrogens is 4. The molecule has 6 heterocycles. The molecule has 0 saturated carbocycles. The highest BCUT2D eigenvalue weighted by molar-refractivity contribution is 7.15. The second-order valence-corrected chi connectivity index (χ2v) is 14.2. The maximum atomic E-state index is 13.5. The lowest BCUT2D eigenvalue weighted by Gasteiger charge is -2.41. The van der Waals surface area contributed by atoms with E-state index in [9.17, 15) is 4.79 Å². The number of rotatable bonds is 4. The largest absolute Gasteiger partial charge is 0.489 e. The Morgan fingerprint density at radius 2 is 1.91 bits per heavy atom. The van der Waals surface area contributed by atoms with Gasteiger partial charge in [0.1, 0.15) is 28.9 Å². The van der Waals surface area contributed by atoms with Crippen LogP contribution in [0.25, 0.3) is 16.3 Å². The minimum atomic E-state index is -0.978. The lowest BCUT2D eigenvalue weighted by molar-refractivity contribution is -0.166. The average molecular weight is 646 g/mol. The highest BCUT2D eigenvalue weighted by atomic mass is 32.1. The van der Waals surface area contributed by atoms with E-state index in [2.05, 4.69) is 17.9 Å². The Hall–Kier alpha value is -3.80. The molecule has 1 atom stereocenters. The van der Waals surface area contributed by atoms with E-state index in [-0.39, 0.29) is 12.2 Å². The predicted octanol–water partition coefficient (Wildman–Crippen LogP) is 6.50. The zero-order valence-corrected chi connectivity index (χ0v) is 28.4. The Kier molecular flexibility index (Phi) is 9.18. The van der Waals surface area contributed by atoms with Crippen molar-refractivity contribution in [2.75, 3.05) is 37.8 Å². The van der Waals surface area contributed by atoms with E-state index >= 15 is 0 Å². The Balaban J connectivity index is 1.49. The molecule has 1 aromatic carbocycles. The number of piperidine rings is 1. The van der Waals surface area contributed by atoms with Crippen LogP contribution in [0.2, 0.25) is 0 Å². The van der Waals surface area contributed by atoms with E-state index in [0.717, 1.165) is 45.6 Å². The van der Waals surface area contributed by atoms with E-state index in [1.165, 1.54) is 0 Å². The molecule has 0 unspecified atom stereocenters. The number of benzene rings is 1. The van der Waals surface area contributed by atoms with Crippen molar-refractivity contribution in [2.45, 2.75) is 78.1 Å². The summed E-state index contributed by atoms with van der Waals surface area (Å²) < 4.78 is 26.4. The van der Waals surface area contributed by atoms with Crippen molar-refractivity contribution in [1.29, 1.82) is 0 Å². The second kappa shape index (κ2) is 13.1. The van der Waals surface area contributed by atoms with Gasteiger partial charge in [-0.25, -0.2) is 14.8 Å². The van der Waals surface area contributed by atoms with Crippen LogP contribution in [-0.2, 0) is 25.4 Å². The van der Waals surface area contributed by atoms with Gasteiger partial charge in [-0.1, -0.05) is 24.3 Å². The number of ether oxygens (including phenoxy) is 4. The molecular formula is C35H43N5O5S. The minimum Gasteiger partial charge on any atom is -0.489 e. The summed E-state index contributed by atoms with van der Waals surface area (Å²) in [6.07, 6.45) is 7.25. The Morgan fingerprint density at radius 1 is 1.15 bits per heavy atom. The molecule has 244 valence electrons. The van der Waals surface area contributed by atoms with Crippen LogP contribution in [0.1, 0.15) is 75.3 Å². The van der Waals surface area contributed by atoms with Crippen LogP contribution in [0.4, 0.5) is 5.82 Å². The number of para-hydroxylation sites is 1.